The van der Waals surface area contributed by atoms with Gasteiger partial charge in [-0.2, -0.15) is 0 Å². The number of carbonyl (C=O) groups is 1. The molecule has 2 rings (SSSR count). The molecule has 0 saturated carbocycles. The number of hydrogen-bond acceptors (Lipinski definition) is 4. The minimum atomic E-state index is -1.52. The molecule has 0 fully saturated rings. The van der Waals surface area contributed by atoms with Crippen LogP contribution in [0.15, 0.2) is 30.5 Å². The molecule has 2 unspecified atom stereocenters. The maximum Gasteiger partial charge on any atom is 0.220 e. The molecule has 0 radical (unpaired) electrons. The van der Waals surface area contributed by atoms with E-state index in [2.05, 4.69) is 4.98 Å². The Kier molecular flexibility index (Phi) is 3.73. The molecule has 1 amide bonds. The lowest BCUT2D eigenvalue weighted by Crippen LogP contribution is -2.26. The van der Waals surface area contributed by atoms with Gasteiger partial charge >= 0.3 is 0 Å². The zero-order chi connectivity index (χ0) is 14.0. The predicted octanol–water partition coefficient (Wildman–Crippen LogP) is 0.644. The fraction of sp³-hybridized carbons (Fsp3) is 0.231. The Morgan fingerprint density at radius 3 is 2.84 bits per heavy atom. The predicted molar refractivity (Wildman–Crippen MR) is 66.5 cm³/mol. The highest BCUT2D eigenvalue weighted by atomic mass is 19.1. The van der Waals surface area contributed by atoms with Gasteiger partial charge in [-0.25, -0.2) is 4.39 Å². The molecular weight excluding hydrogens is 251 g/mol. The zero-order valence-electron chi connectivity index (χ0n) is 9.95. The first kappa shape index (κ1) is 13.4. The summed E-state index contributed by atoms with van der Waals surface area (Å²) in [7, 11) is 0. The fourth-order valence-electron chi connectivity index (χ4n) is 1.86. The molecule has 0 aliphatic rings. The lowest BCUT2D eigenvalue weighted by molar-refractivity contribution is -0.121. The van der Waals surface area contributed by atoms with Crippen LogP contribution in [-0.2, 0) is 4.79 Å². The van der Waals surface area contributed by atoms with Gasteiger partial charge in [-0.15, -0.1) is 0 Å². The molecule has 100 valence electrons. The van der Waals surface area contributed by atoms with E-state index in [1.54, 1.807) is 12.1 Å². The van der Waals surface area contributed by atoms with Crippen molar-refractivity contribution in [1.82, 2.24) is 4.98 Å². The van der Waals surface area contributed by atoms with Crippen molar-refractivity contribution < 1.29 is 19.4 Å². The number of fused-ring (bicyclic) bond motifs is 1. The summed E-state index contributed by atoms with van der Waals surface area (Å²) in [5.74, 6) is -1.46. The van der Waals surface area contributed by atoms with Crippen LogP contribution in [0, 0.1) is 5.82 Å². The van der Waals surface area contributed by atoms with E-state index in [4.69, 9.17) is 5.73 Å². The quantitative estimate of drug-likeness (QED) is 0.755. The average molecular weight is 264 g/mol. The summed E-state index contributed by atoms with van der Waals surface area (Å²) in [5, 5.41) is 20.1. The molecule has 1 aromatic carbocycles. The van der Waals surface area contributed by atoms with Crippen molar-refractivity contribution in [1.29, 1.82) is 0 Å². The van der Waals surface area contributed by atoms with Crippen molar-refractivity contribution in [3.63, 3.8) is 0 Å². The molecule has 0 aliphatic heterocycles. The van der Waals surface area contributed by atoms with Gasteiger partial charge in [0.25, 0.3) is 0 Å². The molecule has 6 heteroatoms. The van der Waals surface area contributed by atoms with Crippen molar-refractivity contribution in [3.05, 3.63) is 41.8 Å². The minimum absolute atomic E-state index is 0.0887. The van der Waals surface area contributed by atoms with Gasteiger partial charge < -0.3 is 15.9 Å². The number of nitrogens with zero attached hydrogens (tertiary/aromatic N) is 1. The van der Waals surface area contributed by atoms with E-state index in [9.17, 15) is 19.4 Å². The highest BCUT2D eigenvalue weighted by Crippen LogP contribution is 2.25. The van der Waals surface area contributed by atoms with Crippen LogP contribution >= 0.6 is 0 Å². The van der Waals surface area contributed by atoms with Gasteiger partial charge in [-0.1, -0.05) is 6.07 Å². The van der Waals surface area contributed by atoms with Gasteiger partial charge in [0.05, 0.1) is 18.0 Å². The van der Waals surface area contributed by atoms with Gasteiger partial charge in [0.15, 0.2) is 0 Å². The summed E-state index contributed by atoms with van der Waals surface area (Å²) in [6.07, 6.45) is -1.87. The largest absolute Gasteiger partial charge is 0.390 e. The van der Waals surface area contributed by atoms with Crippen molar-refractivity contribution in [2.24, 2.45) is 5.73 Å². The Morgan fingerprint density at radius 2 is 2.16 bits per heavy atom. The monoisotopic (exact) mass is 264 g/mol. The van der Waals surface area contributed by atoms with E-state index in [1.165, 1.54) is 18.3 Å². The minimum Gasteiger partial charge on any atom is -0.390 e. The maximum atomic E-state index is 13.8. The molecule has 0 spiro atoms. The first-order valence-corrected chi connectivity index (χ1v) is 5.67. The molecule has 0 aliphatic carbocycles. The van der Waals surface area contributed by atoms with Crippen LogP contribution in [0.25, 0.3) is 10.9 Å². The Morgan fingerprint density at radius 1 is 1.42 bits per heavy atom. The third-order valence-corrected chi connectivity index (χ3v) is 2.81. The lowest BCUT2D eigenvalue weighted by atomic mass is 9.99. The van der Waals surface area contributed by atoms with E-state index < -0.39 is 30.4 Å². The summed E-state index contributed by atoms with van der Waals surface area (Å²) < 4.78 is 13.8. The molecule has 2 aromatic rings. The standard InChI is InChI=1S/C13H13FN2O3/c14-9-5-10-7(2-1-3-16-10)4-8(9)13(19)11(17)6-12(15)18/h1-5,11,13,17,19H,6H2,(H2,15,18). The summed E-state index contributed by atoms with van der Waals surface area (Å²) in [6, 6.07) is 5.95. The molecule has 2 atom stereocenters. The summed E-state index contributed by atoms with van der Waals surface area (Å²) >= 11 is 0. The third kappa shape index (κ3) is 2.86. The second kappa shape index (κ2) is 5.29. The average Bonchev–Trinajstić information content (AvgIpc) is 2.36. The molecule has 1 heterocycles. The smallest absolute Gasteiger partial charge is 0.220 e. The fourth-order valence-corrected chi connectivity index (χ4v) is 1.86. The highest BCUT2D eigenvalue weighted by Gasteiger charge is 2.23. The number of rotatable bonds is 4. The van der Waals surface area contributed by atoms with E-state index in [0.29, 0.717) is 10.9 Å². The van der Waals surface area contributed by atoms with Gasteiger partial charge in [0.1, 0.15) is 11.9 Å². The Hall–Kier alpha value is -2.05. The molecule has 4 N–H and O–H groups in total. The first-order chi connectivity index (χ1) is 8.99. The number of amides is 1. The summed E-state index contributed by atoms with van der Waals surface area (Å²) in [5.41, 5.74) is 5.28. The second-order valence-corrected chi connectivity index (χ2v) is 4.25. The van der Waals surface area contributed by atoms with Crippen LogP contribution in [0.4, 0.5) is 4.39 Å². The van der Waals surface area contributed by atoms with E-state index in [0.717, 1.165) is 0 Å². The van der Waals surface area contributed by atoms with Gasteiger partial charge in [-0.05, 0) is 12.1 Å². The highest BCUT2D eigenvalue weighted by molar-refractivity contribution is 5.79. The molecule has 5 nitrogen and oxygen atoms in total. The number of aliphatic hydroxyl groups is 2. The van der Waals surface area contributed by atoms with Crippen molar-refractivity contribution in [2.45, 2.75) is 18.6 Å². The molecule has 0 saturated heterocycles. The van der Waals surface area contributed by atoms with Crippen LogP contribution < -0.4 is 5.73 Å². The number of hydrogen-bond donors (Lipinski definition) is 3. The van der Waals surface area contributed by atoms with Crippen LogP contribution in [0.1, 0.15) is 18.1 Å². The molecule has 1 aromatic heterocycles. The van der Waals surface area contributed by atoms with E-state index >= 15 is 0 Å². The van der Waals surface area contributed by atoms with Gasteiger partial charge in [-0.3, -0.25) is 9.78 Å². The normalized spacial score (nSPS) is 14.3. The summed E-state index contributed by atoms with van der Waals surface area (Å²) in [4.78, 5) is 14.7. The Labute approximate surface area is 108 Å². The van der Waals surface area contributed by atoms with E-state index in [-0.39, 0.29) is 5.56 Å². The topological polar surface area (TPSA) is 96.4 Å². The van der Waals surface area contributed by atoms with Crippen LogP contribution in [0.3, 0.4) is 0 Å². The Balaban J connectivity index is 2.38. The number of halogens is 1. The molecular formula is C13H13FN2O3. The number of aliphatic hydroxyl groups excluding tert-OH is 2. The van der Waals surface area contributed by atoms with Crippen molar-refractivity contribution in [3.8, 4) is 0 Å². The van der Waals surface area contributed by atoms with Crippen LogP contribution in [0.5, 0.6) is 0 Å². The lowest BCUT2D eigenvalue weighted by Gasteiger charge is -2.17. The van der Waals surface area contributed by atoms with Crippen molar-refractivity contribution >= 4 is 16.8 Å². The maximum absolute atomic E-state index is 13.8. The van der Waals surface area contributed by atoms with Gasteiger partial charge in [0.2, 0.25) is 5.91 Å². The third-order valence-electron chi connectivity index (χ3n) is 2.81. The number of primary amides is 1. The number of aromatic nitrogens is 1. The number of pyridine rings is 1. The van der Waals surface area contributed by atoms with Crippen molar-refractivity contribution in [2.75, 3.05) is 0 Å². The zero-order valence-corrected chi connectivity index (χ0v) is 9.95. The molecule has 0 bridgehead atoms. The van der Waals surface area contributed by atoms with Crippen LogP contribution in [0.2, 0.25) is 0 Å². The first-order valence-electron chi connectivity index (χ1n) is 5.67. The number of benzene rings is 1. The SMILES string of the molecule is NC(=O)CC(O)C(O)c1cc2cccnc2cc1F. The molecule has 19 heavy (non-hydrogen) atoms. The Bertz CT molecular complexity index is 618. The second-order valence-electron chi connectivity index (χ2n) is 4.25. The number of nitrogens with two attached hydrogens (primary N) is 1. The van der Waals surface area contributed by atoms with Gasteiger partial charge in [0, 0.05) is 23.2 Å². The number of carbonyl (C=O) groups excluding carboxylic acids is 1. The van der Waals surface area contributed by atoms with E-state index in [1.807, 2.05) is 0 Å². The van der Waals surface area contributed by atoms with Crippen LogP contribution in [-0.4, -0.2) is 27.2 Å². The summed E-state index contributed by atoms with van der Waals surface area (Å²) in [6.45, 7) is 0.